The second-order valence-corrected chi connectivity index (χ2v) is 5.55. The molecule has 130 valence electrons. The number of amides is 2. The molecule has 6 heteroatoms. The number of hydrogen-bond donors (Lipinski definition) is 3. The van der Waals surface area contributed by atoms with Crippen LogP contribution in [-0.2, 0) is 9.59 Å². The van der Waals surface area contributed by atoms with Crippen molar-refractivity contribution in [3.05, 3.63) is 29.8 Å². The quantitative estimate of drug-likeness (QED) is 0.603. The standard InChI is InChI=1S/C17H27N3O2.ClH/c1-13(19-17(22)10-5-3-4-6-11-18)15-8-7-9-16(12-15)20-14(2)21;/h7-9,12-13H,3-6,10-11,18H2,1-2H3,(H,19,22)(H,20,21);1H. The number of unbranched alkanes of at least 4 members (excludes halogenated alkanes) is 3. The van der Waals surface area contributed by atoms with Gasteiger partial charge in [-0.1, -0.05) is 25.0 Å². The molecule has 0 fully saturated rings. The summed E-state index contributed by atoms with van der Waals surface area (Å²) in [4.78, 5) is 23.0. The Hall–Kier alpha value is -1.59. The number of carbonyl (C=O) groups is 2. The molecule has 1 atom stereocenters. The van der Waals surface area contributed by atoms with E-state index in [2.05, 4.69) is 10.6 Å². The summed E-state index contributed by atoms with van der Waals surface area (Å²) in [7, 11) is 0. The van der Waals surface area contributed by atoms with Crippen molar-refractivity contribution < 1.29 is 9.59 Å². The number of nitrogens with two attached hydrogens (primary N) is 1. The molecule has 0 saturated carbocycles. The van der Waals surface area contributed by atoms with E-state index in [0.29, 0.717) is 13.0 Å². The molecule has 23 heavy (non-hydrogen) atoms. The third kappa shape index (κ3) is 9.21. The van der Waals surface area contributed by atoms with Crippen molar-refractivity contribution >= 4 is 29.9 Å². The van der Waals surface area contributed by atoms with Gasteiger partial charge in [0, 0.05) is 19.0 Å². The molecule has 0 saturated heterocycles. The number of nitrogens with one attached hydrogen (secondary N) is 2. The monoisotopic (exact) mass is 341 g/mol. The Kier molecular flexibility index (Phi) is 11.1. The van der Waals surface area contributed by atoms with Crippen molar-refractivity contribution in [3.63, 3.8) is 0 Å². The van der Waals surface area contributed by atoms with Crippen molar-refractivity contribution in [3.8, 4) is 0 Å². The van der Waals surface area contributed by atoms with Crippen LogP contribution in [0.1, 0.15) is 57.6 Å². The molecule has 1 rings (SSSR count). The molecule has 1 aromatic carbocycles. The first-order chi connectivity index (χ1) is 10.5. The molecule has 0 radical (unpaired) electrons. The molecule has 0 aromatic heterocycles. The molecule has 2 amide bonds. The molecule has 0 aliphatic rings. The average Bonchev–Trinajstić information content (AvgIpc) is 2.46. The molecular formula is C17H28ClN3O2. The summed E-state index contributed by atoms with van der Waals surface area (Å²) < 4.78 is 0. The van der Waals surface area contributed by atoms with E-state index in [4.69, 9.17) is 5.73 Å². The molecule has 0 aliphatic carbocycles. The predicted octanol–water partition coefficient (Wildman–Crippen LogP) is 3.15. The van der Waals surface area contributed by atoms with Gasteiger partial charge in [-0.15, -0.1) is 12.4 Å². The topological polar surface area (TPSA) is 84.2 Å². The average molecular weight is 342 g/mol. The highest BCUT2D eigenvalue weighted by Crippen LogP contribution is 2.17. The van der Waals surface area contributed by atoms with Crippen LogP contribution in [0.15, 0.2) is 24.3 Å². The zero-order valence-electron chi connectivity index (χ0n) is 13.9. The maximum atomic E-state index is 11.9. The van der Waals surface area contributed by atoms with E-state index in [1.54, 1.807) is 0 Å². The Bertz CT molecular complexity index is 494. The van der Waals surface area contributed by atoms with E-state index in [1.807, 2.05) is 31.2 Å². The van der Waals surface area contributed by atoms with E-state index in [0.717, 1.165) is 36.9 Å². The van der Waals surface area contributed by atoms with Crippen molar-refractivity contribution in [1.82, 2.24) is 5.32 Å². The van der Waals surface area contributed by atoms with E-state index in [9.17, 15) is 9.59 Å². The van der Waals surface area contributed by atoms with Crippen molar-refractivity contribution in [2.75, 3.05) is 11.9 Å². The smallest absolute Gasteiger partial charge is 0.221 e. The van der Waals surface area contributed by atoms with Gasteiger partial charge in [0.2, 0.25) is 11.8 Å². The normalized spacial score (nSPS) is 11.3. The van der Waals surface area contributed by atoms with Crippen molar-refractivity contribution in [1.29, 1.82) is 0 Å². The maximum Gasteiger partial charge on any atom is 0.221 e. The molecule has 1 unspecified atom stereocenters. The highest BCUT2D eigenvalue weighted by molar-refractivity contribution is 5.88. The minimum absolute atomic E-state index is 0. The zero-order chi connectivity index (χ0) is 16.4. The molecular weight excluding hydrogens is 314 g/mol. The van der Waals surface area contributed by atoms with Gasteiger partial charge in [0.05, 0.1) is 6.04 Å². The maximum absolute atomic E-state index is 11.9. The third-order valence-electron chi connectivity index (χ3n) is 3.44. The van der Waals surface area contributed by atoms with Crippen LogP contribution in [0.25, 0.3) is 0 Å². The van der Waals surface area contributed by atoms with E-state index in [1.165, 1.54) is 6.92 Å². The lowest BCUT2D eigenvalue weighted by molar-refractivity contribution is -0.121. The number of halogens is 1. The number of benzene rings is 1. The molecule has 0 bridgehead atoms. The van der Waals surface area contributed by atoms with Crippen LogP contribution >= 0.6 is 12.4 Å². The summed E-state index contributed by atoms with van der Waals surface area (Å²) in [5, 5.41) is 5.74. The number of carbonyl (C=O) groups excluding carboxylic acids is 2. The lowest BCUT2D eigenvalue weighted by atomic mass is 10.1. The van der Waals surface area contributed by atoms with Gasteiger partial charge in [-0.25, -0.2) is 0 Å². The van der Waals surface area contributed by atoms with Crippen molar-refractivity contribution in [2.45, 2.75) is 52.0 Å². The van der Waals surface area contributed by atoms with Crippen LogP contribution in [0.3, 0.4) is 0 Å². The van der Waals surface area contributed by atoms with Gasteiger partial charge in [0.1, 0.15) is 0 Å². The summed E-state index contributed by atoms with van der Waals surface area (Å²) in [6, 6.07) is 7.45. The zero-order valence-corrected chi connectivity index (χ0v) is 14.7. The number of anilines is 1. The second kappa shape index (κ2) is 11.9. The highest BCUT2D eigenvalue weighted by Gasteiger charge is 2.10. The summed E-state index contributed by atoms with van der Waals surface area (Å²) in [5.74, 6) is -0.0449. The Morgan fingerprint density at radius 2 is 1.87 bits per heavy atom. The van der Waals surface area contributed by atoms with Crippen LogP contribution in [0.5, 0.6) is 0 Å². The van der Waals surface area contributed by atoms with Gasteiger partial charge in [0.15, 0.2) is 0 Å². The second-order valence-electron chi connectivity index (χ2n) is 5.55. The van der Waals surface area contributed by atoms with Crippen LogP contribution in [0.4, 0.5) is 5.69 Å². The Morgan fingerprint density at radius 1 is 1.17 bits per heavy atom. The van der Waals surface area contributed by atoms with E-state index < -0.39 is 0 Å². The van der Waals surface area contributed by atoms with Gasteiger partial charge in [-0.05, 0) is 44.0 Å². The van der Waals surface area contributed by atoms with Crippen LogP contribution in [0, 0.1) is 0 Å². The fraction of sp³-hybridized carbons (Fsp3) is 0.529. The SMILES string of the molecule is CC(=O)Nc1cccc(C(C)NC(=O)CCCCCCN)c1.Cl. The fourth-order valence-electron chi connectivity index (χ4n) is 2.27. The first kappa shape index (κ1) is 21.4. The van der Waals surface area contributed by atoms with Crippen molar-refractivity contribution in [2.24, 2.45) is 5.73 Å². The Labute approximate surface area is 144 Å². The van der Waals surface area contributed by atoms with Crippen LogP contribution in [-0.4, -0.2) is 18.4 Å². The van der Waals surface area contributed by atoms with Gasteiger partial charge >= 0.3 is 0 Å². The minimum atomic E-state index is -0.105. The summed E-state index contributed by atoms with van der Waals surface area (Å²) in [6.45, 7) is 4.13. The lowest BCUT2D eigenvalue weighted by Gasteiger charge is -2.15. The Balaban J connectivity index is 0.00000484. The number of rotatable bonds is 9. The highest BCUT2D eigenvalue weighted by atomic mass is 35.5. The molecule has 0 aliphatic heterocycles. The van der Waals surface area contributed by atoms with E-state index >= 15 is 0 Å². The summed E-state index contributed by atoms with van der Waals surface area (Å²) in [5.41, 5.74) is 7.16. The van der Waals surface area contributed by atoms with Gasteiger partial charge in [0.25, 0.3) is 0 Å². The van der Waals surface area contributed by atoms with Gasteiger partial charge in [-0.3, -0.25) is 9.59 Å². The third-order valence-corrected chi connectivity index (χ3v) is 3.44. The minimum Gasteiger partial charge on any atom is -0.350 e. The van der Waals surface area contributed by atoms with Gasteiger partial charge in [-0.2, -0.15) is 0 Å². The summed E-state index contributed by atoms with van der Waals surface area (Å²) in [6.07, 6.45) is 4.58. The first-order valence-electron chi connectivity index (χ1n) is 7.90. The predicted molar refractivity (Wildman–Crippen MR) is 96.7 cm³/mol. The largest absolute Gasteiger partial charge is 0.350 e. The summed E-state index contributed by atoms with van der Waals surface area (Å²) >= 11 is 0. The number of hydrogen-bond acceptors (Lipinski definition) is 3. The van der Waals surface area contributed by atoms with Gasteiger partial charge < -0.3 is 16.4 Å². The molecule has 0 spiro atoms. The molecule has 5 nitrogen and oxygen atoms in total. The molecule has 0 heterocycles. The fourth-order valence-corrected chi connectivity index (χ4v) is 2.27. The first-order valence-corrected chi connectivity index (χ1v) is 7.90. The molecule has 1 aromatic rings. The van der Waals surface area contributed by atoms with Crippen LogP contribution < -0.4 is 16.4 Å². The molecule has 4 N–H and O–H groups in total. The Morgan fingerprint density at radius 3 is 2.52 bits per heavy atom. The lowest BCUT2D eigenvalue weighted by Crippen LogP contribution is -2.26. The van der Waals surface area contributed by atoms with Crippen LogP contribution in [0.2, 0.25) is 0 Å². The van der Waals surface area contributed by atoms with E-state index in [-0.39, 0.29) is 30.3 Å².